The minimum absolute atomic E-state index is 0.0129. The van der Waals surface area contributed by atoms with E-state index in [1.54, 1.807) is 6.07 Å². The number of para-hydroxylation sites is 1. The van der Waals surface area contributed by atoms with Crippen LogP contribution in [-0.4, -0.2) is 44.6 Å². The quantitative estimate of drug-likeness (QED) is 0.423. The highest BCUT2D eigenvalue weighted by atomic mass is 19.1. The van der Waals surface area contributed by atoms with Crippen LogP contribution in [0.1, 0.15) is 44.1 Å². The van der Waals surface area contributed by atoms with E-state index < -0.39 is 28.8 Å². The lowest BCUT2D eigenvalue weighted by Gasteiger charge is -2.34. The number of halogens is 2. The van der Waals surface area contributed by atoms with Gasteiger partial charge in [-0.1, -0.05) is 6.07 Å². The number of piperidine rings is 1. The summed E-state index contributed by atoms with van der Waals surface area (Å²) in [6, 6.07) is 9.06. The number of amides is 1. The number of rotatable bonds is 4. The van der Waals surface area contributed by atoms with Crippen molar-refractivity contribution in [3.8, 4) is 5.69 Å². The van der Waals surface area contributed by atoms with Crippen molar-refractivity contribution in [2.75, 3.05) is 23.3 Å². The Morgan fingerprint density at radius 1 is 1.05 bits per heavy atom. The van der Waals surface area contributed by atoms with Crippen molar-refractivity contribution in [2.24, 2.45) is 5.73 Å². The number of carbonyl (C=O) groups excluding carboxylic acids is 1. The summed E-state index contributed by atoms with van der Waals surface area (Å²) >= 11 is 0. The van der Waals surface area contributed by atoms with Crippen LogP contribution in [-0.2, 0) is 5.54 Å². The van der Waals surface area contributed by atoms with Crippen LogP contribution in [0.5, 0.6) is 0 Å². The summed E-state index contributed by atoms with van der Waals surface area (Å²) in [5.74, 6) is -2.58. The maximum absolute atomic E-state index is 14.4. The fourth-order valence-corrected chi connectivity index (χ4v) is 4.65. The first kappa shape index (κ1) is 25.5. The molecule has 38 heavy (non-hydrogen) atoms. The minimum atomic E-state index is -0.970. The number of nitrogens with zero attached hydrogens (tertiary/aromatic N) is 5. The lowest BCUT2D eigenvalue weighted by molar-refractivity contribution is 0.102. The van der Waals surface area contributed by atoms with E-state index >= 15 is 0 Å². The summed E-state index contributed by atoms with van der Waals surface area (Å²) in [6.07, 6.45) is 3.77. The second kappa shape index (κ2) is 9.64. The van der Waals surface area contributed by atoms with Crippen LogP contribution in [0.25, 0.3) is 16.6 Å². The summed E-state index contributed by atoms with van der Waals surface area (Å²) < 4.78 is 31.2. The Bertz CT molecular complexity index is 1570. The average Bonchev–Trinajstić information content (AvgIpc) is 3.30. The molecule has 1 aliphatic rings. The van der Waals surface area contributed by atoms with Crippen molar-refractivity contribution in [1.29, 1.82) is 0 Å². The Hall–Kier alpha value is -4.12. The molecule has 3 heterocycles. The van der Waals surface area contributed by atoms with Gasteiger partial charge in [-0.3, -0.25) is 14.3 Å². The number of hydrogen-bond donors (Lipinski definition) is 2. The maximum atomic E-state index is 14.4. The normalized spacial score (nSPS) is 16.2. The van der Waals surface area contributed by atoms with Gasteiger partial charge >= 0.3 is 0 Å². The van der Waals surface area contributed by atoms with Gasteiger partial charge in [0, 0.05) is 36.8 Å². The summed E-state index contributed by atoms with van der Waals surface area (Å²) in [6.45, 7) is 7.52. The fraction of sp³-hybridized carbons (Fsp3) is 0.333. The van der Waals surface area contributed by atoms with Gasteiger partial charge in [0.05, 0.1) is 22.4 Å². The molecule has 11 heteroatoms. The molecule has 2 aromatic carbocycles. The fourth-order valence-electron chi connectivity index (χ4n) is 4.65. The second-order valence-electron chi connectivity index (χ2n) is 10.5. The van der Waals surface area contributed by atoms with E-state index in [9.17, 15) is 18.4 Å². The van der Waals surface area contributed by atoms with Crippen molar-refractivity contribution in [2.45, 2.75) is 45.2 Å². The molecule has 0 saturated carbocycles. The van der Waals surface area contributed by atoms with Gasteiger partial charge in [0.15, 0.2) is 11.6 Å². The molecule has 0 aliphatic carbocycles. The molecule has 2 aromatic heterocycles. The Kier molecular flexibility index (Phi) is 6.47. The third-order valence-electron chi connectivity index (χ3n) is 6.55. The smallest absolute Gasteiger partial charge is 0.276 e. The van der Waals surface area contributed by atoms with Crippen molar-refractivity contribution >= 4 is 28.2 Å². The van der Waals surface area contributed by atoms with Crippen LogP contribution in [0.15, 0.2) is 53.5 Å². The zero-order valence-corrected chi connectivity index (χ0v) is 21.4. The number of anilines is 2. The molecular formula is C27H29F2N7O2. The number of fused-ring (bicyclic) bond motifs is 1. The van der Waals surface area contributed by atoms with Gasteiger partial charge in [-0.2, -0.15) is 14.9 Å². The zero-order valence-electron chi connectivity index (χ0n) is 21.4. The van der Waals surface area contributed by atoms with Gasteiger partial charge in [0.1, 0.15) is 11.4 Å². The molecule has 1 atom stereocenters. The molecule has 1 amide bonds. The van der Waals surface area contributed by atoms with E-state index in [-0.39, 0.29) is 17.3 Å². The SMILES string of the molecule is CC(C)(C)n1cc2c(N3CCC[C@@H](N)C3)c(NC(=O)c3ccc(=O)n(-c4c(F)cccc4F)n3)ccc2n1. The lowest BCUT2D eigenvalue weighted by Crippen LogP contribution is -2.43. The second-order valence-corrected chi connectivity index (χ2v) is 10.5. The van der Waals surface area contributed by atoms with Gasteiger partial charge in [0.2, 0.25) is 0 Å². The molecule has 0 radical (unpaired) electrons. The number of nitrogens with two attached hydrogens (primary N) is 1. The van der Waals surface area contributed by atoms with E-state index in [0.717, 1.165) is 54.2 Å². The standard InChI is InChI=1S/C27H29F2N7O2/c1-27(2,3)35-15-17-20(32-35)9-10-21(24(17)34-13-5-6-16(30)14-34)31-26(38)22-11-12-23(37)36(33-22)25-18(28)7-4-8-19(25)29/h4,7-12,15-16H,5-6,13-14,30H2,1-3H3,(H,31,38)/t16-/m1/s1. The van der Waals surface area contributed by atoms with Crippen LogP contribution >= 0.6 is 0 Å². The summed E-state index contributed by atoms with van der Waals surface area (Å²) in [5.41, 5.74) is 6.50. The monoisotopic (exact) mass is 521 g/mol. The van der Waals surface area contributed by atoms with Gasteiger partial charge in [-0.25, -0.2) is 8.78 Å². The third kappa shape index (κ3) is 4.76. The lowest BCUT2D eigenvalue weighted by atomic mass is 10.0. The first-order valence-electron chi connectivity index (χ1n) is 12.4. The zero-order chi connectivity index (χ0) is 27.2. The van der Waals surface area contributed by atoms with E-state index in [1.165, 1.54) is 12.1 Å². The predicted molar refractivity (Wildman–Crippen MR) is 142 cm³/mol. The number of carbonyl (C=O) groups is 1. The van der Waals surface area contributed by atoms with Gasteiger partial charge in [-0.05, 0) is 63.9 Å². The van der Waals surface area contributed by atoms with Crippen LogP contribution < -0.4 is 21.5 Å². The summed E-state index contributed by atoms with van der Waals surface area (Å²) in [5, 5.41) is 12.5. The molecule has 0 unspecified atom stereocenters. The van der Waals surface area contributed by atoms with Crippen LogP contribution in [0, 0.1) is 11.6 Å². The first-order valence-corrected chi connectivity index (χ1v) is 12.4. The highest BCUT2D eigenvalue weighted by molar-refractivity contribution is 6.08. The predicted octanol–water partition coefficient (Wildman–Crippen LogP) is 3.80. The van der Waals surface area contributed by atoms with E-state index in [1.807, 2.05) is 16.9 Å². The molecule has 9 nitrogen and oxygen atoms in total. The van der Waals surface area contributed by atoms with Gasteiger partial charge in [-0.15, -0.1) is 0 Å². The largest absolute Gasteiger partial charge is 0.368 e. The van der Waals surface area contributed by atoms with Gasteiger partial charge in [0.25, 0.3) is 11.5 Å². The number of aromatic nitrogens is 4. The van der Waals surface area contributed by atoms with E-state index in [4.69, 9.17) is 10.8 Å². The van der Waals surface area contributed by atoms with Crippen molar-refractivity contribution in [3.05, 3.63) is 76.3 Å². The molecule has 3 N–H and O–H groups in total. The molecule has 5 rings (SSSR count). The Balaban J connectivity index is 1.57. The number of benzene rings is 2. The molecular weight excluding hydrogens is 492 g/mol. The van der Waals surface area contributed by atoms with E-state index in [2.05, 4.69) is 36.1 Å². The van der Waals surface area contributed by atoms with Crippen molar-refractivity contribution in [1.82, 2.24) is 19.6 Å². The van der Waals surface area contributed by atoms with E-state index in [0.29, 0.717) is 16.9 Å². The third-order valence-corrected chi connectivity index (χ3v) is 6.55. The molecule has 1 saturated heterocycles. The highest BCUT2D eigenvalue weighted by Crippen LogP contribution is 2.37. The molecule has 1 fully saturated rings. The molecule has 0 bridgehead atoms. The Morgan fingerprint density at radius 2 is 1.79 bits per heavy atom. The molecule has 198 valence electrons. The topological polar surface area (TPSA) is 111 Å². The van der Waals surface area contributed by atoms with Crippen LogP contribution in [0.2, 0.25) is 0 Å². The number of hydrogen-bond acceptors (Lipinski definition) is 6. The average molecular weight is 522 g/mol. The first-order chi connectivity index (χ1) is 18.0. The van der Waals surface area contributed by atoms with Crippen molar-refractivity contribution in [3.63, 3.8) is 0 Å². The molecule has 4 aromatic rings. The van der Waals surface area contributed by atoms with Crippen LogP contribution in [0.3, 0.4) is 0 Å². The maximum Gasteiger partial charge on any atom is 0.276 e. The van der Waals surface area contributed by atoms with Crippen molar-refractivity contribution < 1.29 is 13.6 Å². The Morgan fingerprint density at radius 3 is 2.47 bits per heavy atom. The summed E-state index contributed by atoms with van der Waals surface area (Å²) in [7, 11) is 0. The highest BCUT2D eigenvalue weighted by Gasteiger charge is 2.26. The number of nitrogens with one attached hydrogen (secondary N) is 1. The van der Waals surface area contributed by atoms with Gasteiger partial charge < -0.3 is 16.0 Å². The molecule has 1 aliphatic heterocycles. The molecule has 0 spiro atoms. The Labute approximate surface area is 217 Å². The van der Waals surface area contributed by atoms with Crippen LogP contribution in [0.4, 0.5) is 20.2 Å². The minimum Gasteiger partial charge on any atom is -0.368 e. The summed E-state index contributed by atoms with van der Waals surface area (Å²) in [4.78, 5) is 27.9.